The SMILES string of the molecule is Cc1c(Br)cccc1-n1c(N)nc2cc(F)c(Br)cc21. The summed E-state index contributed by atoms with van der Waals surface area (Å²) in [4.78, 5) is 4.23. The first kappa shape index (κ1) is 13.6. The summed E-state index contributed by atoms with van der Waals surface area (Å²) < 4.78 is 16.8. The van der Waals surface area contributed by atoms with Gasteiger partial charge < -0.3 is 5.73 Å². The molecule has 6 heteroatoms. The van der Waals surface area contributed by atoms with Crippen molar-refractivity contribution in [2.75, 3.05) is 5.73 Å². The maximum Gasteiger partial charge on any atom is 0.205 e. The monoisotopic (exact) mass is 397 g/mol. The van der Waals surface area contributed by atoms with Crippen LogP contribution in [0.1, 0.15) is 5.56 Å². The zero-order valence-electron chi connectivity index (χ0n) is 10.5. The summed E-state index contributed by atoms with van der Waals surface area (Å²) in [6.07, 6.45) is 0. The molecule has 3 nitrogen and oxygen atoms in total. The van der Waals surface area contributed by atoms with Gasteiger partial charge in [-0.15, -0.1) is 0 Å². The number of nitrogens with two attached hydrogens (primary N) is 1. The van der Waals surface area contributed by atoms with Crippen LogP contribution in [0.5, 0.6) is 0 Å². The third-order valence-corrected chi connectivity index (χ3v) is 4.67. The van der Waals surface area contributed by atoms with Gasteiger partial charge in [-0.05, 0) is 46.6 Å². The number of hydrogen-bond donors (Lipinski definition) is 1. The highest BCUT2D eigenvalue weighted by molar-refractivity contribution is 9.10. The van der Waals surface area contributed by atoms with Gasteiger partial charge in [0.2, 0.25) is 5.95 Å². The molecule has 1 aromatic heterocycles. The molecule has 2 N–H and O–H groups in total. The Balaban J connectivity index is 2.39. The number of rotatable bonds is 1. The average Bonchev–Trinajstić information content (AvgIpc) is 2.69. The van der Waals surface area contributed by atoms with E-state index in [9.17, 15) is 4.39 Å². The van der Waals surface area contributed by atoms with E-state index < -0.39 is 0 Å². The van der Waals surface area contributed by atoms with Crippen molar-refractivity contribution in [1.82, 2.24) is 9.55 Å². The molecule has 0 radical (unpaired) electrons. The molecule has 0 bridgehead atoms. The standard InChI is InChI=1S/C14H10Br2FN3/c1-7-8(15)3-2-4-12(7)20-13-5-9(16)10(17)6-11(13)19-14(20)18/h2-6H,1H3,(H2,18,19). The molecule has 0 spiro atoms. The number of aromatic nitrogens is 2. The topological polar surface area (TPSA) is 43.8 Å². The third kappa shape index (κ3) is 2.03. The summed E-state index contributed by atoms with van der Waals surface area (Å²) in [5.41, 5.74) is 9.25. The fraction of sp³-hybridized carbons (Fsp3) is 0.0714. The maximum absolute atomic E-state index is 13.6. The lowest BCUT2D eigenvalue weighted by atomic mass is 10.2. The second-order valence-corrected chi connectivity index (χ2v) is 6.15. The van der Waals surface area contributed by atoms with E-state index in [2.05, 4.69) is 36.8 Å². The van der Waals surface area contributed by atoms with E-state index in [-0.39, 0.29) is 5.82 Å². The molecule has 20 heavy (non-hydrogen) atoms. The Morgan fingerprint density at radius 3 is 2.70 bits per heavy atom. The molecule has 0 aliphatic heterocycles. The number of hydrogen-bond acceptors (Lipinski definition) is 2. The molecule has 0 aliphatic carbocycles. The van der Waals surface area contributed by atoms with Crippen molar-refractivity contribution >= 4 is 48.8 Å². The first-order valence-corrected chi connectivity index (χ1v) is 7.46. The Labute approximate surface area is 131 Å². The van der Waals surface area contributed by atoms with Gasteiger partial charge in [0.15, 0.2) is 0 Å². The summed E-state index contributed by atoms with van der Waals surface area (Å²) in [6.45, 7) is 1.99. The Hall–Kier alpha value is -1.40. The van der Waals surface area contributed by atoms with Gasteiger partial charge >= 0.3 is 0 Å². The number of nitrogens with zero attached hydrogens (tertiary/aromatic N) is 2. The molecule has 0 saturated heterocycles. The highest BCUT2D eigenvalue weighted by atomic mass is 79.9. The quantitative estimate of drug-likeness (QED) is 0.651. The van der Waals surface area contributed by atoms with Crippen LogP contribution in [-0.4, -0.2) is 9.55 Å². The van der Waals surface area contributed by atoms with E-state index in [1.807, 2.05) is 29.7 Å². The van der Waals surface area contributed by atoms with Gasteiger partial charge in [0, 0.05) is 10.5 Å². The van der Waals surface area contributed by atoms with Crippen LogP contribution in [0.3, 0.4) is 0 Å². The highest BCUT2D eigenvalue weighted by Gasteiger charge is 2.15. The molecular formula is C14H10Br2FN3. The number of nitrogen functional groups attached to an aromatic ring is 1. The van der Waals surface area contributed by atoms with Gasteiger partial charge in [0.1, 0.15) is 5.82 Å². The first-order chi connectivity index (χ1) is 9.49. The maximum atomic E-state index is 13.6. The van der Waals surface area contributed by atoms with Crippen LogP contribution in [-0.2, 0) is 0 Å². The number of anilines is 1. The second kappa shape index (κ2) is 4.86. The lowest BCUT2D eigenvalue weighted by Crippen LogP contribution is -2.02. The number of benzene rings is 2. The van der Waals surface area contributed by atoms with Crippen LogP contribution in [0.15, 0.2) is 39.3 Å². The molecule has 2 aromatic carbocycles. The summed E-state index contributed by atoms with van der Waals surface area (Å²) >= 11 is 6.70. The highest BCUT2D eigenvalue weighted by Crippen LogP contribution is 2.31. The van der Waals surface area contributed by atoms with Crippen molar-refractivity contribution in [2.24, 2.45) is 0 Å². The Morgan fingerprint density at radius 2 is 1.95 bits per heavy atom. The van der Waals surface area contributed by atoms with Crippen LogP contribution < -0.4 is 5.73 Å². The smallest absolute Gasteiger partial charge is 0.205 e. The molecule has 1 heterocycles. The third-order valence-electron chi connectivity index (χ3n) is 3.20. The minimum atomic E-state index is -0.354. The lowest BCUT2D eigenvalue weighted by molar-refractivity contribution is 0.623. The van der Waals surface area contributed by atoms with Gasteiger partial charge in [-0.3, -0.25) is 4.57 Å². The minimum absolute atomic E-state index is 0.332. The number of imidazole rings is 1. The second-order valence-electron chi connectivity index (χ2n) is 4.44. The largest absolute Gasteiger partial charge is 0.369 e. The molecule has 0 fully saturated rings. The fourth-order valence-electron chi connectivity index (χ4n) is 2.18. The zero-order valence-corrected chi connectivity index (χ0v) is 13.7. The van der Waals surface area contributed by atoms with E-state index in [1.54, 1.807) is 6.07 Å². The molecule has 0 unspecified atom stereocenters. The van der Waals surface area contributed by atoms with E-state index in [0.717, 1.165) is 21.2 Å². The van der Waals surface area contributed by atoms with Crippen LogP contribution in [0.4, 0.5) is 10.3 Å². The number of halogens is 3. The van der Waals surface area contributed by atoms with E-state index in [1.165, 1.54) is 6.07 Å². The van der Waals surface area contributed by atoms with Crippen molar-refractivity contribution in [3.05, 3.63) is 50.7 Å². The molecule has 3 rings (SSSR count). The van der Waals surface area contributed by atoms with Gasteiger partial charge in [0.05, 0.1) is 21.2 Å². The molecule has 0 amide bonds. The Kier molecular flexibility index (Phi) is 3.30. The predicted octanol–water partition coefficient (Wildman–Crippen LogP) is 4.58. The molecule has 0 atom stereocenters. The summed E-state index contributed by atoms with van der Waals surface area (Å²) in [7, 11) is 0. The van der Waals surface area contributed by atoms with Crippen LogP contribution in [0, 0.1) is 12.7 Å². The van der Waals surface area contributed by atoms with Crippen molar-refractivity contribution in [2.45, 2.75) is 6.92 Å². The molecule has 3 aromatic rings. The van der Waals surface area contributed by atoms with Gasteiger partial charge in [-0.25, -0.2) is 9.37 Å². The molecule has 0 aliphatic rings. The normalized spacial score (nSPS) is 11.2. The van der Waals surface area contributed by atoms with Crippen molar-refractivity contribution in [3.63, 3.8) is 0 Å². The molecule has 0 saturated carbocycles. The van der Waals surface area contributed by atoms with E-state index >= 15 is 0 Å². The van der Waals surface area contributed by atoms with Crippen molar-refractivity contribution < 1.29 is 4.39 Å². The van der Waals surface area contributed by atoms with Crippen molar-refractivity contribution in [1.29, 1.82) is 0 Å². The average molecular weight is 399 g/mol. The Bertz CT molecular complexity index is 827. The molecular weight excluding hydrogens is 389 g/mol. The van der Waals surface area contributed by atoms with Gasteiger partial charge in [-0.1, -0.05) is 22.0 Å². The van der Waals surface area contributed by atoms with Crippen LogP contribution in [0.25, 0.3) is 16.7 Å². The predicted molar refractivity (Wildman–Crippen MR) is 85.6 cm³/mol. The first-order valence-electron chi connectivity index (χ1n) is 5.87. The Morgan fingerprint density at radius 1 is 1.20 bits per heavy atom. The van der Waals surface area contributed by atoms with Gasteiger partial charge in [-0.2, -0.15) is 0 Å². The zero-order chi connectivity index (χ0) is 14.4. The number of fused-ring (bicyclic) bond motifs is 1. The molecule has 102 valence electrons. The minimum Gasteiger partial charge on any atom is -0.369 e. The van der Waals surface area contributed by atoms with E-state index in [0.29, 0.717) is 15.9 Å². The lowest BCUT2D eigenvalue weighted by Gasteiger charge is -2.11. The van der Waals surface area contributed by atoms with Crippen LogP contribution in [0.2, 0.25) is 0 Å². The van der Waals surface area contributed by atoms with Gasteiger partial charge in [0.25, 0.3) is 0 Å². The van der Waals surface area contributed by atoms with Crippen molar-refractivity contribution in [3.8, 4) is 5.69 Å². The van der Waals surface area contributed by atoms with E-state index in [4.69, 9.17) is 5.73 Å². The summed E-state index contributed by atoms with van der Waals surface area (Å²) in [5, 5.41) is 0. The fourth-order valence-corrected chi connectivity index (χ4v) is 2.87. The summed E-state index contributed by atoms with van der Waals surface area (Å²) in [6, 6.07) is 8.91. The van der Waals surface area contributed by atoms with Crippen LogP contribution >= 0.6 is 31.9 Å². The summed E-state index contributed by atoms with van der Waals surface area (Å²) in [5.74, 6) is -0.0215.